The van der Waals surface area contributed by atoms with Gasteiger partial charge in [-0.25, -0.2) is 4.98 Å². The Morgan fingerprint density at radius 2 is 2.00 bits per heavy atom. The summed E-state index contributed by atoms with van der Waals surface area (Å²) in [5.74, 6) is 0.636. The van der Waals surface area contributed by atoms with Crippen LogP contribution in [-0.4, -0.2) is 34.7 Å². The van der Waals surface area contributed by atoms with E-state index in [0.717, 1.165) is 16.0 Å². The van der Waals surface area contributed by atoms with E-state index in [4.69, 9.17) is 0 Å². The number of benzene rings is 1. The third-order valence-corrected chi connectivity index (χ3v) is 4.18. The van der Waals surface area contributed by atoms with E-state index in [1.807, 2.05) is 61.3 Å². The van der Waals surface area contributed by atoms with Crippen LogP contribution in [0, 0.1) is 6.92 Å². The molecule has 2 heterocycles. The van der Waals surface area contributed by atoms with Crippen molar-refractivity contribution in [3.63, 3.8) is 0 Å². The Hall–Kier alpha value is -2.47. The SMILES string of the molecule is Cc1nc2scc(-c3ccccc3)c2c(=O)n1NC=[N+](C)C. The highest BCUT2D eigenvalue weighted by Crippen LogP contribution is 2.30. The van der Waals surface area contributed by atoms with Crippen LogP contribution in [0.4, 0.5) is 0 Å². The van der Waals surface area contributed by atoms with Crippen molar-refractivity contribution in [3.8, 4) is 11.1 Å². The number of thiophene rings is 1. The molecule has 3 rings (SSSR count). The number of aromatic nitrogens is 2. The van der Waals surface area contributed by atoms with Gasteiger partial charge in [-0.05, 0) is 12.5 Å². The summed E-state index contributed by atoms with van der Waals surface area (Å²) < 4.78 is 3.31. The van der Waals surface area contributed by atoms with Crippen LogP contribution in [-0.2, 0) is 0 Å². The van der Waals surface area contributed by atoms with Gasteiger partial charge in [0.2, 0.25) is 0 Å². The molecule has 112 valence electrons. The van der Waals surface area contributed by atoms with Gasteiger partial charge >= 0.3 is 0 Å². The average Bonchev–Trinajstić information content (AvgIpc) is 2.91. The second-order valence-corrected chi connectivity index (χ2v) is 6.08. The Bertz CT molecular complexity index is 905. The summed E-state index contributed by atoms with van der Waals surface area (Å²) in [5, 5.41) is 2.65. The van der Waals surface area contributed by atoms with Crippen molar-refractivity contribution in [1.82, 2.24) is 9.66 Å². The van der Waals surface area contributed by atoms with Crippen LogP contribution in [0.2, 0.25) is 0 Å². The summed E-state index contributed by atoms with van der Waals surface area (Å²) in [5.41, 5.74) is 4.86. The maximum Gasteiger partial charge on any atom is 0.298 e. The predicted octanol–water partition coefficient (Wildman–Crippen LogP) is 2.28. The standard InChI is InChI=1S/C16H16N4OS/c1-11-18-15-14(16(21)20(11)17-10-19(2)3)13(9-22-15)12-7-5-4-6-8-12/h4-10H,1-3H3/p+1. The number of nitrogens with one attached hydrogen (secondary N) is 1. The molecule has 0 unspecified atom stereocenters. The maximum absolute atomic E-state index is 12.8. The van der Waals surface area contributed by atoms with E-state index in [-0.39, 0.29) is 5.56 Å². The first kappa shape index (κ1) is 14.5. The zero-order valence-corrected chi connectivity index (χ0v) is 13.5. The quantitative estimate of drug-likeness (QED) is 0.458. The van der Waals surface area contributed by atoms with Crippen LogP contribution >= 0.6 is 11.3 Å². The number of rotatable bonds is 3. The van der Waals surface area contributed by atoms with Crippen LogP contribution in [0.5, 0.6) is 0 Å². The molecule has 0 aliphatic carbocycles. The molecule has 2 aromatic heterocycles. The molecular weight excluding hydrogens is 296 g/mol. The van der Waals surface area contributed by atoms with Gasteiger partial charge in [0, 0.05) is 10.9 Å². The smallest absolute Gasteiger partial charge is 0.272 e. The Balaban J connectivity index is 2.24. The van der Waals surface area contributed by atoms with Gasteiger partial charge < -0.3 is 0 Å². The fraction of sp³-hybridized carbons (Fsp3) is 0.188. The normalized spacial score (nSPS) is 10.7. The fourth-order valence-corrected chi connectivity index (χ4v) is 3.23. The average molecular weight is 313 g/mol. The van der Waals surface area contributed by atoms with Crippen molar-refractivity contribution in [3.05, 3.63) is 51.9 Å². The largest absolute Gasteiger partial charge is 0.298 e. The second kappa shape index (κ2) is 5.73. The minimum atomic E-state index is -0.0827. The summed E-state index contributed by atoms with van der Waals surface area (Å²) in [7, 11) is 3.78. The van der Waals surface area contributed by atoms with Gasteiger partial charge in [-0.2, -0.15) is 5.43 Å². The molecule has 0 bridgehead atoms. The van der Waals surface area contributed by atoms with Crippen LogP contribution in [0.3, 0.4) is 0 Å². The van der Waals surface area contributed by atoms with E-state index in [1.165, 1.54) is 16.0 Å². The molecule has 1 N–H and O–H groups in total. The summed E-state index contributed by atoms with van der Waals surface area (Å²) in [6.07, 6.45) is 1.72. The van der Waals surface area contributed by atoms with E-state index in [9.17, 15) is 4.79 Å². The first-order valence-electron chi connectivity index (χ1n) is 6.90. The molecule has 0 spiro atoms. The van der Waals surface area contributed by atoms with Crippen LogP contribution in [0.1, 0.15) is 5.82 Å². The van der Waals surface area contributed by atoms with Crippen LogP contribution in [0.25, 0.3) is 21.3 Å². The number of hydrogen-bond donors (Lipinski definition) is 1. The third-order valence-electron chi connectivity index (χ3n) is 3.31. The van der Waals surface area contributed by atoms with Gasteiger partial charge in [-0.1, -0.05) is 30.3 Å². The van der Waals surface area contributed by atoms with Crippen molar-refractivity contribution in [1.29, 1.82) is 0 Å². The predicted molar refractivity (Wildman–Crippen MR) is 91.6 cm³/mol. The molecule has 22 heavy (non-hydrogen) atoms. The van der Waals surface area contributed by atoms with Crippen molar-refractivity contribution in [2.75, 3.05) is 19.5 Å². The van der Waals surface area contributed by atoms with Gasteiger partial charge in [-0.3, -0.25) is 9.37 Å². The second-order valence-electron chi connectivity index (χ2n) is 5.22. The molecule has 5 nitrogen and oxygen atoms in total. The van der Waals surface area contributed by atoms with Gasteiger partial charge in [0.25, 0.3) is 11.9 Å². The minimum absolute atomic E-state index is 0.0827. The van der Waals surface area contributed by atoms with Crippen LogP contribution in [0.15, 0.2) is 40.5 Å². The van der Waals surface area contributed by atoms with Crippen molar-refractivity contribution in [2.45, 2.75) is 6.92 Å². The molecule has 0 radical (unpaired) electrons. The van der Waals surface area contributed by atoms with E-state index >= 15 is 0 Å². The molecular formula is C16H17N4OS+. The number of aryl methyl sites for hydroxylation is 1. The van der Waals surface area contributed by atoms with Crippen molar-refractivity contribution < 1.29 is 4.58 Å². The third kappa shape index (κ3) is 2.53. The van der Waals surface area contributed by atoms with Crippen molar-refractivity contribution in [2.24, 2.45) is 0 Å². The minimum Gasteiger partial charge on any atom is -0.272 e. The first-order valence-corrected chi connectivity index (χ1v) is 7.78. The molecule has 0 saturated carbocycles. The highest BCUT2D eigenvalue weighted by atomic mass is 32.1. The maximum atomic E-state index is 12.8. The topological polar surface area (TPSA) is 49.9 Å². The van der Waals surface area contributed by atoms with Crippen LogP contribution < -0.4 is 11.0 Å². The summed E-state index contributed by atoms with van der Waals surface area (Å²) in [6, 6.07) is 9.91. The Labute approximate surface area is 132 Å². The molecule has 3 aromatic rings. The number of nitrogens with zero attached hydrogens (tertiary/aromatic N) is 3. The fourth-order valence-electron chi connectivity index (χ4n) is 2.25. The summed E-state index contributed by atoms with van der Waals surface area (Å²) in [6.45, 7) is 1.82. The summed E-state index contributed by atoms with van der Waals surface area (Å²) in [4.78, 5) is 18.2. The lowest BCUT2D eigenvalue weighted by atomic mass is 10.1. The monoisotopic (exact) mass is 313 g/mol. The lowest BCUT2D eigenvalue weighted by Crippen LogP contribution is -2.32. The Kier molecular flexibility index (Phi) is 3.77. The Morgan fingerprint density at radius 1 is 1.27 bits per heavy atom. The lowest BCUT2D eigenvalue weighted by molar-refractivity contribution is -0.459. The zero-order valence-electron chi connectivity index (χ0n) is 12.7. The molecule has 0 aliphatic rings. The number of hydrogen-bond acceptors (Lipinski definition) is 3. The molecule has 0 aliphatic heterocycles. The van der Waals surface area contributed by atoms with E-state index in [1.54, 1.807) is 6.34 Å². The first-order chi connectivity index (χ1) is 10.6. The Morgan fingerprint density at radius 3 is 2.68 bits per heavy atom. The highest BCUT2D eigenvalue weighted by molar-refractivity contribution is 7.17. The van der Waals surface area contributed by atoms with E-state index < -0.39 is 0 Å². The molecule has 0 atom stereocenters. The van der Waals surface area contributed by atoms with Gasteiger partial charge in [-0.15, -0.1) is 16.0 Å². The van der Waals surface area contributed by atoms with Crippen molar-refractivity contribution >= 4 is 27.9 Å². The van der Waals surface area contributed by atoms with Gasteiger partial charge in [0.15, 0.2) is 5.82 Å². The van der Waals surface area contributed by atoms with Gasteiger partial charge in [0.1, 0.15) is 4.83 Å². The summed E-state index contributed by atoms with van der Waals surface area (Å²) >= 11 is 1.50. The molecule has 6 heteroatoms. The lowest BCUT2D eigenvalue weighted by Gasteiger charge is -2.05. The molecule has 0 fully saturated rings. The van der Waals surface area contributed by atoms with E-state index in [2.05, 4.69) is 10.4 Å². The number of fused-ring (bicyclic) bond motifs is 1. The van der Waals surface area contributed by atoms with Gasteiger partial charge in [0.05, 0.1) is 19.5 Å². The molecule has 0 saturated heterocycles. The van der Waals surface area contributed by atoms with E-state index in [0.29, 0.717) is 11.2 Å². The zero-order chi connectivity index (χ0) is 15.7. The molecule has 1 aromatic carbocycles. The highest BCUT2D eigenvalue weighted by Gasteiger charge is 2.16. The molecule has 0 amide bonds.